The first-order valence-corrected chi connectivity index (χ1v) is 9.51. The third kappa shape index (κ3) is 7.39. The highest BCUT2D eigenvalue weighted by molar-refractivity contribution is 5.87. The van der Waals surface area contributed by atoms with Crippen LogP contribution in [0.1, 0.15) is 46.0 Å². The molecule has 0 radical (unpaired) electrons. The van der Waals surface area contributed by atoms with E-state index in [0.717, 1.165) is 32.3 Å². The molecule has 2 aliphatic heterocycles. The molecule has 0 spiro atoms. The van der Waals surface area contributed by atoms with Gasteiger partial charge in [-0.3, -0.25) is 9.59 Å². The van der Waals surface area contributed by atoms with Gasteiger partial charge >= 0.3 is 0 Å². The summed E-state index contributed by atoms with van der Waals surface area (Å²) in [5.74, 6) is -0.274. The molecule has 1 unspecified atom stereocenters. The monoisotopic (exact) mass is 391 g/mol. The lowest BCUT2D eigenvalue weighted by Crippen LogP contribution is -2.49. The summed E-state index contributed by atoms with van der Waals surface area (Å²) in [5.41, 5.74) is 5.77. The lowest BCUT2D eigenvalue weighted by atomic mass is 10.1. The van der Waals surface area contributed by atoms with Crippen LogP contribution in [-0.4, -0.2) is 67.8 Å². The highest BCUT2D eigenvalue weighted by Gasteiger charge is 2.25. The predicted molar refractivity (Wildman–Crippen MR) is 102 cm³/mol. The summed E-state index contributed by atoms with van der Waals surface area (Å²) in [6.45, 7) is 6.61. The number of amides is 2. The van der Waals surface area contributed by atoms with Gasteiger partial charge in [0.25, 0.3) is 0 Å². The van der Waals surface area contributed by atoms with E-state index in [9.17, 15) is 9.59 Å². The van der Waals surface area contributed by atoms with Crippen LogP contribution in [0.2, 0.25) is 0 Å². The summed E-state index contributed by atoms with van der Waals surface area (Å²) in [4.78, 5) is 25.8. The number of halogens is 1. The number of carbonyl (C=O) groups excluding carboxylic acids is 2. The van der Waals surface area contributed by atoms with E-state index in [0.29, 0.717) is 19.7 Å². The van der Waals surface area contributed by atoms with Crippen LogP contribution in [0.15, 0.2) is 0 Å². The average molecular weight is 392 g/mol. The van der Waals surface area contributed by atoms with Crippen molar-refractivity contribution in [2.24, 2.45) is 11.7 Å². The molecule has 2 aliphatic rings. The number of carbonyl (C=O) groups is 2. The summed E-state index contributed by atoms with van der Waals surface area (Å²) in [6.07, 6.45) is 5.53. The Labute approximate surface area is 162 Å². The molecule has 2 amide bonds. The van der Waals surface area contributed by atoms with Crippen molar-refractivity contribution in [3.8, 4) is 0 Å². The number of nitrogens with two attached hydrogens (primary N) is 1. The average Bonchev–Trinajstić information content (AvgIpc) is 2.64. The normalized spacial score (nSPS) is 22.6. The lowest BCUT2D eigenvalue weighted by Gasteiger charge is -2.33. The molecule has 2 saturated heterocycles. The number of hydrogen-bond acceptors (Lipinski definition) is 5. The molecule has 26 heavy (non-hydrogen) atoms. The van der Waals surface area contributed by atoms with Crippen molar-refractivity contribution in [2.75, 3.05) is 32.8 Å². The van der Waals surface area contributed by atoms with E-state index in [1.54, 1.807) is 4.90 Å². The maximum atomic E-state index is 12.2. The largest absolute Gasteiger partial charge is 0.376 e. The highest BCUT2D eigenvalue weighted by Crippen LogP contribution is 2.17. The van der Waals surface area contributed by atoms with Gasteiger partial charge in [-0.2, -0.15) is 0 Å². The van der Waals surface area contributed by atoms with Gasteiger partial charge in [-0.15, -0.1) is 12.4 Å². The number of nitrogens with zero attached hydrogens (tertiary/aromatic N) is 1. The topological polar surface area (TPSA) is 93.9 Å². The Kier molecular flexibility index (Phi) is 10.5. The van der Waals surface area contributed by atoms with Crippen LogP contribution in [0.5, 0.6) is 0 Å². The second-order valence-electron chi connectivity index (χ2n) is 7.39. The van der Waals surface area contributed by atoms with Gasteiger partial charge in [-0.05, 0) is 38.0 Å². The number of ether oxygens (including phenoxy) is 2. The molecule has 0 bridgehead atoms. The fourth-order valence-corrected chi connectivity index (χ4v) is 3.15. The van der Waals surface area contributed by atoms with E-state index in [1.165, 1.54) is 6.42 Å². The Bertz CT molecular complexity index is 436. The van der Waals surface area contributed by atoms with Crippen LogP contribution in [0.25, 0.3) is 0 Å². The van der Waals surface area contributed by atoms with Gasteiger partial charge in [0.15, 0.2) is 0 Å². The van der Waals surface area contributed by atoms with Crippen LogP contribution in [0.4, 0.5) is 0 Å². The zero-order chi connectivity index (χ0) is 18.2. The smallest absolute Gasteiger partial charge is 0.241 e. The molecule has 0 aromatic rings. The molecule has 7 nitrogen and oxygen atoms in total. The van der Waals surface area contributed by atoms with Gasteiger partial charge in [0.2, 0.25) is 11.8 Å². The first-order valence-electron chi connectivity index (χ1n) is 9.51. The maximum Gasteiger partial charge on any atom is 0.241 e. The minimum absolute atomic E-state index is 0. The summed E-state index contributed by atoms with van der Waals surface area (Å²) >= 11 is 0. The molecule has 0 aromatic carbocycles. The van der Waals surface area contributed by atoms with Crippen molar-refractivity contribution < 1.29 is 19.1 Å². The van der Waals surface area contributed by atoms with Crippen molar-refractivity contribution in [3.05, 3.63) is 0 Å². The Balaban J connectivity index is 0.00000338. The SMILES string of the molecule is CC(C)[C@H](N)C(=O)NCC(=O)N1CCC(OCC2CCCCO2)CC1.Cl. The van der Waals surface area contributed by atoms with Gasteiger partial charge in [-0.25, -0.2) is 0 Å². The highest BCUT2D eigenvalue weighted by atomic mass is 35.5. The van der Waals surface area contributed by atoms with Gasteiger partial charge < -0.3 is 25.4 Å². The van der Waals surface area contributed by atoms with E-state index in [4.69, 9.17) is 15.2 Å². The molecule has 2 fully saturated rings. The van der Waals surface area contributed by atoms with Crippen molar-refractivity contribution in [3.63, 3.8) is 0 Å². The summed E-state index contributed by atoms with van der Waals surface area (Å²) in [7, 11) is 0. The maximum absolute atomic E-state index is 12.2. The molecular weight excluding hydrogens is 358 g/mol. The summed E-state index contributed by atoms with van der Waals surface area (Å²) in [5, 5.41) is 2.64. The van der Waals surface area contributed by atoms with Crippen LogP contribution < -0.4 is 11.1 Å². The minimum Gasteiger partial charge on any atom is -0.376 e. The first kappa shape index (κ1) is 23.1. The molecule has 0 aliphatic carbocycles. The third-order valence-electron chi connectivity index (χ3n) is 5.02. The first-order chi connectivity index (χ1) is 12.0. The Morgan fingerprint density at radius 3 is 2.50 bits per heavy atom. The quantitative estimate of drug-likeness (QED) is 0.677. The van der Waals surface area contributed by atoms with Crippen LogP contribution >= 0.6 is 12.4 Å². The predicted octanol–water partition coefficient (Wildman–Crippen LogP) is 1.08. The van der Waals surface area contributed by atoms with E-state index in [1.807, 2.05) is 13.8 Å². The molecule has 2 rings (SSSR count). The standard InChI is InChI=1S/C18H33N3O4.ClH/c1-13(2)17(19)18(23)20-11-16(22)21-8-6-14(7-9-21)25-12-15-5-3-4-10-24-15;/h13-15,17H,3-12,19H2,1-2H3,(H,20,23);1H/t15?,17-;/m0./s1. The van der Waals surface area contributed by atoms with Crippen molar-refractivity contribution in [1.29, 1.82) is 0 Å². The fraction of sp³-hybridized carbons (Fsp3) is 0.889. The second kappa shape index (κ2) is 11.7. The van der Waals surface area contributed by atoms with Crippen LogP contribution in [-0.2, 0) is 19.1 Å². The molecule has 3 N–H and O–H groups in total. The van der Waals surface area contributed by atoms with E-state index >= 15 is 0 Å². The molecule has 152 valence electrons. The van der Waals surface area contributed by atoms with Gasteiger partial charge in [0.1, 0.15) is 0 Å². The fourth-order valence-electron chi connectivity index (χ4n) is 3.15. The van der Waals surface area contributed by atoms with Crippen LogP contribution in [0, 0.1) is 5.92 Å². The zero-order valence-electron chi connectivity index (χ0n) is 15.9. The van der Waals surface area contributed by atoms with Crippen LogP contribution in [0.3, 0.4) is 0 Å². The van der Waals surface area contributed by atoms with Crippen molar-refractivity contribution >= 4 is 24.2 Å². The van der Waals surface area contributed by atoms with Crippen molar-refractivity contribution in [1.82, 2.24) is 10.2 Å². The van der Waals surface area contributed by atoms with E-state index in [2.05, 4.69) is 5.32 Å². The second-order valence-corrected chi connectivity index (χ2v) is 7.39. The molecule has 8 heteroatoms. The zero-order valence-corrected chi connectivity index (χ0v) is 16.8. The van der Waals surface area contributed by atoms with Crippen molar-refractivity contribution in [2.45, 2.75) is 64.2 Å². The Morgan fingerprint density at radius 2 is 1.92 bits per heavy atom. The number of likely N-dealkylation sites (tertiary alicyclic amines) is 1. The number of piperidine rings is 1. The third-order valence-corrected chi connectivity index (χ3v) is 5.02. The van der Waals surface area contributed by atoms with Gasteiger partial charge in [0, 0.05) is 19.7 Å². The molecule has 2 heterocycles. The molecule has 0 aromatic heterocycles. The van der Waals surface area contributed by atoms with Gasteiger partial charge in [0.05, 0.1) is 31.4 Å². The summed E-state index contributed by atoms with van der Waals surface area (Å²) < 4.78 is 11.6. The minimum atomic E-state index is -0.575. The Hall–Kier alpha value is -0.890. The number of rotatable bonds is 7. The lowest BCUT2D eigenvalue weighted by molar-refractivity contribution is -0.136. The van der Waals surface area contributed by atoms with E-state index in [-0.39, 0.29) is 48.9 Å². The van der Waals surface area contributed by atoms with Gasteiger partial charge in [-0.1, -0.05) is 13.8 Å². The Morgan fingerprint density at radius 1 is 1.23 bits per heavy atom. The van der Waals surface area contributed by atoms with E-state index < -0.39 is 6.04 Å². The summed E-state index contributed by atoms with van der Waals surface area (Å²) in [6, 6.07) is -0.575. The molecular formula is C18H34ClN3O4. The number of nitrogens with one attached hydrogen (secondary N) is 1. The number of hydrogen-bond donors (Lipinski definition) is 2. The molecule has 2 atom stereocenters. The molecule has 0 saturated carbocycles.